The first-order valence-corrected chi connectivity index (χ1v) is 12.3. The highest BCUT2D eigenvalue weighted by molar-refractivity contribution is 9.10. The Hall–Kier alpha value is -1.94. The molecule has 1 atom stereocenters. The van der Waals surface area contributed by atoms with E-state index in [0.29, 0.717) is 37.6 Å². The molecule has 0 spiro atoms. The van der Waals surface area contributed by atoms with Crippen molar-refractivity contribution in [2.75, 3.05) is 38.5 Å². The molecule has 1 aliphatic heterocycles. The maximum Gasteiger partial charge on any atom is 0.265 e. The molecule has 9 heteroatoms. The Balaban J connectivity index is 1.65. The molecule has 1 fully saturated rings. The fourth-order valence-corrected chi connectivity index (χ4v) is 5.55. The third-order valence-electron chi connectivity index (χ3n) is 5.31. The summed E-state index contributed by atoms with van der Waals surface area (Å²) in [4.78, 5) is 14.9. The van der Waals surface area contributed by atoms with Crippen molar-refractivity contribution in [2.24, 2.45) is 0 Å². The number of ether oxygens (including phenoxy) is 1. The first-order valence-electron chi connectivity index (χ1n) is 10.1. The second-order valence-corrected chi connectivity index (χ2v) is 10.7. The van der Waals surface area contributed by atoms with Crippen molar-refractivity contribution in [3.05, 3.63) is 52.0 Å². The Morgan fingerprint density at radius 2 is 1.61 bits per heavy atom. The van der Waals surface area contributed by atoms with Crippen molar-refractivity contribution >= 4 is 37.5 Å². The number of anilines is 1. The van der Waals surface area contributed by atoms with Gasteiger partial charge in [0.05, 0.1) is 4.90 Å². The Bertz CT molecular complexity index is 1030. The van der Waals surface area contributed by atoms with Crippen LogP contribution in [-0.2, 0) is 14.8 Å². The third kappa shape index (κ3) is 5.65. The van der Waals surface area contributed by atoms with E-state index in [0.717, 1.165) is 15.6 Å². The summed E-state index contributed by atoms with van der Waals surface area (Å²) in [7, 11) is -1.56. The summed E-state index contributed by atoms with van der Waals surface area (Å²) in [5.74, 6) is 0.371. The molecule has 31 heavy (non-hydrogen) atoms. The average Bonchev–Trinajstić information content (AvgIpc) is 2.71. The van der Waals surface area contributed by atoms with E-state index in [1.165, 1.54) is 16.4 Å². The molecule has 1 saturated heterocycles. The van der Waals surface area contributed by atoms with Crippen LogP contribution in [0.25, 0.3) is 0 Å². The number of hydrogen-bond donors (Lipinski definition) is 1. The molecule has 1 amide bonds. The lowest BCUT2D eigenvalue weighted by Crippen LogP contribution is -2.46. The van der Waals surface area contributed by atoms with Crippen molar-refractivity contribution in [3.8, 4) is 5.75 Å². The quantitative estimate of drug-likeness (QED) is 0.645. The largest absolute Gasteiger partial charge is 0.480 e. The van der Waals surface area contributed by atoms with Gasteiger partial charge in [-0.25, -0.2) is 8.42 Å². The third-order valence-corrected chi connectivity index (χ3v) is 7.68. The minimum atomic E-state index is -3.54. The van der Waals surface area contributed by atoms with Gasteiger partial charge in [0.1, 0.15) is 5.75 Å². The average molecular weight is 510 g/mol. The van der Waals surface area contributed by atoms with Crippen LogP contribution in [0.3, 0.4) is 0 Å². The van der Waals surface area contributed by atoms with E-state index in [2.05, 4.69) is 26.1 Å². The second-order valence-electron chi connectivity index (χ2n) is 7.85. The number of rotatable bonds is 6. The molecule has 0 radical (unpaired) electrons. The van der Waals surface area contributed by atoms with Crippen molar-refractivity contribution < 1.29 is 17.9 Å². The van der Waals surface area contributed by atoms with E-state index < -0.39 is 16.1 Å². The zero-order valence-electron chi connectivity index (χ0n) is 18.2. The minimum Gasteiger partial charge on any atom is -0.480 e. The number of aryl methyl sites for hydroxylation is 2. The number of benzene rings is 2. The first-order chi connectivity index (χ1) is 14.6. The van der Waals surface area contributed by atoms with Crippen molar-refractivity contribution in [1.82, 2.24) is 9.21 Å². The van der Waals surface area contributed by atoms with Gasteiger partial charge in [0.25, 0.3) is 5.91 Å². The van der Waals surface area contributed by atoms with Crippen LogP contribution in [0.4, 0.5) is 5.69 Å². The van der Waals surface area contributed by atoms with E-state index in [1.807, 2.05) is 33.0 Å². The Kier molecular flexibility index (Phi) is 7.41. The molecule has 2 aromatic carbocycles. The van der Waals surface area contributed by atoms with E-state index in [4.69, 9.17) is 4.74 Å². The van der Waals surface area contributed by atoms with Gasteiger partial charge in [0, 0.05) is 36.3 Å². The van der Waals surface area contributed by atoms with Crippen molar-refractivity contribution in [1.29, 1.82) is 0 Å². The molecule has 7 nitrogen and oxygen atoms in total. The summed E-state index contributed by atoms with van der Waals surface area (Å²) in [5.41, 5.74) is 2.39. The highest BCUT2D eigenvalue weighted by atomic mass is 79.9. The van der Waals surface area contributed by atoms with Crippen LogP contribution in [0.1, 0.15) is 18.1 Å². The van der Waals surface area contributed by atoms with E-state index >= 15 is 0 Å². The van der Waals surface area contributed by atoms with Gasteiger partial charge in [0.15, 0.2) is 6.10 Å². The van der Waals surface area contributed by atoms with Crippen LogP contribution in [0, 0.1) is 13.8 Å². The van der Waals surface area contributed by atoms with Crippen LogP contribution in [0.15, 0.2) is 45.8 Å². The number of carbonyl (C=O) groups is 1. The number of halogens is 1. The summed E-state index contributed by atoms with van der Waals surface area (Å²) in [6.45, 7) is 7.91. The van der Waals surface area contributed by atoms with Crippen LogP contribution in [0.2, 0.25) is 0 Å². The predicted molar refractivity (Wildman–Crippen MR) is 125 cm³/mol. The Morgan fingerprint density at radius 3 is 2.16 bits per heavy atom. The number of nitrogens with zero attached hydrogens (tertiary/aromatic N) is 2. The highest BCUT2D eigenvalue weighted by Gasteiger charge is 2.27. The number of piperazine rings is 1. The number of carbonyl (C=O) groups excluding carboxylic acids is 1. The van der Waals surface area contributed by atoms with Crippen LogP contribution >= 0.6 is 15.9 Å². The van der Waals surface area contributed by atoms with Crippen LogP contribution < -0.4 is 10.1 Å². The van der Waals surface area contributed by atoms with Crippen LogP contribution in [0.5, 0.6) is 5.75 Å². The molecular formula is C22H28BrN3O4S. The van der Waals surface area contributed by atoms with Gasteiger partial charge in [-0.15, -0.1) is 0 Å². The summed E-state index contributed by atoms with van der Waals surface area (Å²) in [6.07, 6.45) is -0.715. The molecular weight excluding hydrogens is 482 g/mol. The fraction of sp³-hybridized carbons (Fsp3) is 0.409. The maximum atomic E-state index is 12.8. The summed E-state index contributed by atoms with van der Waals surface area (Å²) in [5, 5.41) is 2.79. The molecule has 0 bridgehead atoms. The molecule has 1 unspecified atom stereocenters. The topological polar surface area (TPSA) is 78.9 Å². The fourth-order valence-electron chi connectivity index (χ4n) is 3.45. The molecule has 2 aromatic rings. The van der Waals surface area contributed by atoms with E-state index in [1.54, 1.807) is 19.1 Å². The van der Waals surface area contributed by atoms with Gasteiger partial charge in [-0.1, -0.05) is 15.9 Å². The monoisotopic (exact) mass is 509 g/mol. The van der Waals surface area contributed by atoms with Gasteiger partial charge in [-0.05, 0) is 75.3 Å². The molecule has 1 N–H and O–H groups in total. The zero-order valence-corrected chi connectivity index (χ0v) is 20.6. The molecule has 3 rings (SSSR count). The Labute approximate surface area is 192 Å². The molecule has 1 heterocycles. The van der Waals surface area contributed by atoms with Gasteiger partial charge in [0.2, 0.25) is 10.0 Å². The first kappa shape index (κ1) is 23.7. The Morgan fingerprint density at radius 1 is 1.06 bits per heavy atom. The maximum absolute atomic E-state index is 12.8. The van der Waals surface area contributed by atoms with Crippen molar-refractivity contribution in [3.63, 3.8) is 0 Å². The van der Waals surface area contributed by atoms with Crippen molar-refractivity contribution in [2.45, 2.75) is 31.8 Å². The molecule has 0 aliphatic carbocycles. The summed E-state index contributed by atoms with van der Waals surface area (Å²) < 4.78 is 34.0. The van der Waals surface area contributed by atoms with Gasteiger partial charge < -0.3 is 15.0 Å². The lowest BCUT2D eigenvalue weighted by molar-refractivity contribution is -0.122. The minimum absolute atomic E-state index is 0.223. The smallest absolute Gasteiger partial charge is 0.265 e. The van der Waals surface area contributed by atoms with Gasteiger partial charge >= 0.3 is 0 Å². The van der Waals surface area contributed by atoms with E-state index in [9.17, 15) is 13.2 Å². The predicted octanol–water partition coefficient (Wildman–Crippen LogP) is 3.41. The summed E-state index contributed by atoms with van der Waals surface area (Å²) >= 11 is 3.45. The second kappa shape index (κ2) is 9.68. The van der Waals surface area contributed by atoms with E-state index in [-0.39, 0.29) is 10.8 Å². The normalized spacial score (nSPS) is 16.7. The number of amides is 1. The number of hydrogen-bond acceptors (Lipinski definition) is 5. The highest BCUT2D eigenvalue weighted by Crippen LogP contribution is 2.28. The number of likely N-dealkylation sites (N-methyl/N-ethyl adjacent to an activating group) is 1. The molecule has 1 aliphatic rings. The van der Waals surface area contributed by atoms with Gasteiger partial charge in [-0.2, -0.15) is 4.31 Å². The molecule has 0 saturated carbocycles. The molecule has 168 valence electrons. The number of nitrogens with one attached hydrogen (secondary N) is 1. The van der Waals surface area contributed by atoms with Gasteiger partial charge in [-0.3, -0.25) is 4.79 Å². The summed E-state index contributed by atoms with van der Waals surface area (Å²) in [6, 6.07) is 10.1. The lowest BCUT2D eigenvalue weighted by Gasteiger charge is -2.31. The molecule has 0 aromatic heterocycles. The van der Waals surface area contributed by atoms with Crippen LogP contribution in [-0.4, -0.2) is 62.9 Å². The number of sulfonamides is 1. The SMILES string of the molecule is Cc1cc(Br)cc(C)c1OC(C)C(=O)Nc1ccc(S(=O)(=O)N2CCN(C)CC2)cc1. The lowest BCUT2D eigenvalue weighted by atomic mass is 10.1. The standard InChI is InChI=1S/C22H28BrN3O4S/c1-15-13-18(23)14-16(2)21(15)30-17(3)22(27)24-19-5-7-20(8-6-19)31(28,29)26-11-9-25(4)10-12-26/h5-8,13-14,17H,9-12H2,1-4H3,(H,24,27). The zero-order chi connectivity index (χ0) is 22.8.